The molecule has 2 unspecified atom stereocenters. The van der Waals surface area contributed by atoms with Gasteiger partial charge in [0, 0.05) is 23.8 Å². The molecule has 1 fully saturated rings. The molecular formula is C13H16F2N2O2. The van der Waals surface area contributed by atoms with Crippen molar-refractivity contribution < 1.29 is 18.3 Å². The molecular weight excluding hydrogens is 254 g/mol. The average molecular weight is 270 g/mol. The monoisotopic (exact) mass is 270 g/mol. The van der Waals surface area contributed by atoms with Crippen LogP contribution in [-0.4, -0.2) is 18.4 Å². The second-order valence-electron chi connectivity index (χ2n) is 5.10. The van der Waals surface area contributed by atoms with E-state index in [1.54, 1.807) is 6.07 Å². The minimum atomic E-state index is -3.56. The van der Waals surface area contributed by atoms with E-state index in [0.29, 0.717) is 0 Å². The van der Waals surface area contributed by atoms with Crippen LogP contribution in [0.1, 0.15) is 25.7 Å². The summed E-state index contributed by atoms with van der Waals surface area (Å²) in [4.78, 5) is 0. The van der Waals surface area contributed by atoms with E-state index in [1.165, 1.54) is 12.1 Å². The highest BCUT2D eigenvalue weighted by atomic mass is 19.3. The van der Waals surface area contributed by atoms with Gasteiger partial charge in [0.2, 0.25) is 0 Å². The molecule has 4 nitrogen and oxygen atoms in total. The smallest absolute Gasteiger partial charge is 0.395 e. The Morgan fingerprint density at radius 1 is 1.21 bits per heavy atom. The van der Waals surface area contributed by atoms with E-state index in [-0.39, 0.29) is 23.6 Å². The SMILES string of the molecule is NC1CCCC(Nc2ccc3c(c2)OC(F)(F)O3)C1. The van der Waals surface area contributed by atoms with Crippen molar-refractivity contribution in [3.63, 3.8) is 0 Å². The van der Waals surface area contributed by atoms with Gasteiger partial charge in [0.15, 0.2) is 11.5 Å². The lowest BCUT2D eigenvalue weighted by atomic mass is 9.91. The summed E-state index contributed by atoms with van der Waals surface area (Å²) in [7, 11) is 0. The molecule has 1 aliphatic heterocycles. The maximum absolute atomic E-state index is 12.9. The standard InChI is InChI=1S/C13H16F2N2O2/c14-13(15)18-11-5-4-10(7-12(11)19-13)17-9-3-1-2-8(16)6-9/h4-5,7-9,17H,1-3,6,16H2. The number of fused-ring (bicyclic) bond motifs is 1. The fourth-order valence-corrected chi connectivity index (χ4v) is 2.63. The van der Waals surface area contributed by atoms with Gasteiger partial charge in [-0.25, -0.2) is 0 Å². The summed E-state index contributed by atoms with van der Waals surface area (Å²) in [5, 5.41) is 3.31. The number of hydrogen-bond acceptors (Lipinski definition) is 4. The maximum Gasteiger partial charge on any atom is 0.586 e. The topological polar surface area (TPSA) is 56.5 Å². The molecule has 0 bridgehead atoms. The van der Waals surface area contributed by atoms with Gasteiger partial charge in [-0.05, 0) is 37.8 Å². The van der Waals surface area contributed by atoms with E-state index in [1.807, 2.05) is 0 Å². The van der Waals surface area contributed by atoms with Crippen LogP contribution in [0.2, 0.25) is 0 Å². The van der Waals surface area contributed by atoms with Gasteiger partial charge in [0.25, 0.3) is 0 Å². The molecule has 2 aliphatic rings. The van der Waals surface area contributed by atoms with Crippen molar-refractivity contribution in [1.29, 1.82) is 0 Å². The molecule has 1 aliphatic carbocycles. The van der Waals surface area contributed by atoms with Gasteiger partial charge in [-0.3, -0.25) is 0 Å². The van der Waals surface area contributed by atoms with Crippen molar-refractivity contribution in [3.05, 3.63) is 18.2 Å². The Hall–Kier alpha value is -1.56. The summed E-state index contributed by atoms with van der Waals surface area (Å²) >= 11 is 0. The first-order chi connectivity index (χ1) is 9.02. The van der Waals surface area contributed by atoms with E-state index in [2.05, 4.69) is 14.8 Å². The highest BCUT2D eigenvalue weighted by molar-refractivity contribution is 5.56. The lowest BCUT2D eigenvalue weighted by Crippen LogP contribution is -2.34. The Kier molecular flexibility index (Phi) is 2.97. The molecule has 6 heteroatoms. The Balaban J connectivity index is 1.70. The van der Waals surface area contributed by atoms with Crippen molar-refractivity contribution in [2.75, 3.05) is 5.32 Å². The van der Waals surface area contributed by atoms with E-state index in [0.717, 1.165) is 31.4 Å². The average Bonchev–Trinajstić information content (AvgIpc) is 2.62. The molecule has 104 valence electrons. The zero-order valence-corrected chi connectivity index (χ0v) is 10.4. The second-order valence-corrected chi connectivity index (χ2v) is 5.10. The Bertz CT molecular complexity index is 482. The summed E-state index contributed by atoms with van der Waals surface area (Å²) in [6.45, 7) is 0. The van der Waals surface area contributed by atoms with Crippen molar-refractivity contribution >= 4 is 5.69 Å². The van der Waals surface area contributed by atoms with Gasteiger partial charge in [0.05, 0.1) is 0 Å². The zero-order chi connectivity index (χ0) is 13.5. The molecule has 0 radical (unpaired) electrons. The fraction of sp³-hybridized carbons (Fsp3) is 0.538. The van der Waals surface area contributed by atoms with Crippen LogP contribution in [0.25, 0.3) is 0 Å². The number of nitrogens with two attached hydrogens (primary N) is 1. The number of anilines is 1. The minimum absolute atomic E-state index is 0.0649. The largest absolute Gasteiger partial charge is 0.586 e. The lowest BCUT2D eigenvalue weighted by molar-refractivity contribution is -0.286. The van der Waals surface area contributed by atoms with Gasteiger partial charge >= 0.3 is 6.29 Å². The molecule has 0 aromatic heterocycles. The van der Waals surface area contributed by atoms with Crippen LogP contribution in [0.15, 0.2) is 18.2 Å². The molecule has 0 saturated heterocycles. The number of ether oxygens (including phenoxy) is 2. The summed E-state index contributed by atoms with van der Waals surface area (Å²) in [5.74, 6) is 0.131. The second kappa shape index (κ2) is 4.52. The molecule has 1 heterocycles. The number of halogens is 2. The van der Waals surface area contributed by atoms with Crippen LogP contribution >= 0.6 is 0 Å². The minimum Gasteiger partial charge on any atom is -0.395 e. The van der Waals surface area contributed by atoms with Gasteiger partial charge in [-0.1, -0.05) is 0 Å². The summed E-state index contributed by atoms with van der Waals surface area (Å²) < 4.78 is 34.6. The van der Waals surface area contributed by atoms with Crippen LogP contribution in [-0.2, 0) is 0 Å². The molecule has 2 atom stereocenters. The number of hydrogen-bond donors (Lipinski definition) is 2. The summed E-state index contributed by atoms with van der Waals surface area (Å²) in [6.07, 6.45) is 0.504. The van der Waals surface area contributed by atoms with Crippen LogP contribution in [0.5, 0.6) is 11.5 Å². The fourth-order valence-electron chi connectivity index (χ4n) is 2.63. The molecule has 0 amide bonds. The van der Waals surface area contributed by atoms with Crippen LogP contribution < -0.4 is 20.5 Å². The number of nitrogens with one attached hydrogen (secondary N) is 1. The van der Waals surface area contributed by atoms with Crippen LogP contribution in [0.3, 0.4) is 0 Å². The third kappa shape index (κ3) is 2.73. The summed E-state index contributed by atoms with van der Waals surface area (Å²) in [5.41, 5.74) is 6.67. The third-order valence-electron chi connectivity index (χ3n) is 3.49. The normalized spacial score (nSPS) is 28.2. The highest BCUT2D eigenvalue weighted by Gasteiger charge is 2.43. The van der Waals surface area contributed by atoms with Gasteiger partial charge in [-0.2, -0.15) is 0 Å². The first kappa shape index (κ1) is 12.5. The number of rotatable bonds is 2. The molecule has 1 aromatic rings. The Labute approximate surface area is 109 Å². The van der Waals surface area contributed by atoms with Gasteiger partial charge in [0.1, 0.15) is 0 Å². The lowest BCUT2D eigenvalue weighted by Gasteiger charge is -2.28. The molecule has 3 rings (SSSR count). The van der Waals surface area contributed by atoms with E-state index in [4.69, 9.17) is 5.73 Å². The van der Waals surface area contributed by atoms with Crippen molar-refractivity contribution in [2.45, 2.75) is 44.1 Å². The maximum atomic E-state index is 12.9. The molecule has 0 spiro atoms. The molecule has 1 aromatic carbocycles. The van der Waals surface area contributed by atoms with E-state index >= 15 is 0 Å². The predicted octanol–water partition coefficient (Wildman–Crippen LogP) is 2.69. The summed E-state index contributed by atoms with van der Waals surface area (Å²) in [6, 6.07) is 5.23. The Morgan fingerprint density at radius 3 is 2.79 bits per heavy atom. The van der Waals surface area contributed by atoms with Gasteiger partial charge in [-0.15, -0.1) is 8.78 Å². The van der Waals surface area contributed by atoms with Gasteiger partial charge < -0.3 is 20.5 Å². The molecule has 3 N–H and O–H groups in total. The first-order valence-corrected chi connectivity index (χ1v) is 6.44. The van der Waals surface area contributed by atoms with Crippen molar-refractivity contribution in [2.24, 2.45) is 5.73 Å². The van der Waals surface area contributed by atoms with Crippen LogP contribution in [0.4, 0.5) is 14.5 Å². The van der Waals surface area contributed by atoms with Crippen molar-refractivity contribution in [3.8, 4) is 11.5 Å². The number of benzene rings is 1. The third-order valence-corrected chi connectivity index (χ3v) is 3.49. The number of alkyl halides is 2. The Morgan fingerprint density at radius 2 is 2.00 bits per heavy atom. The predicted molar refractivity (Wildman–Crippen MR) is 66.5 cm³/mol. The van der Waals surface area contributed by atoms with Crippen molar-refractivity contribution in [1.82, 2.24) is 0 Å². The molecule has 1 saturated carbocycles. The first-order valence-electron chi connectivity index (χ1n) is 6.44. The molecule has 19 heavy (non-hydrogen) atoms. The van der Waals surface area contributed by atoms with Crippen LogP contribution in [0, 0.1) is 0 Å². The highest BCUT2D eigenvalue weighted by Crippen LogP contribution is 2.42. The quantitative estimate of drug-likeness (QED) is 0.867. The zero-order valence-electron chi connectivity index (χ0n) is 10.4. The van der Waals surface area contributed by atoms with E-state index in [9.17, 15) is 8.78 Å². The van der Waals surface area contributed by atoms with E-state index < -0.39 is 6.29 Å².